The molecule has 0 amide bonds. The van der Waals surface area contributed by atoms with Crippen LogP contribution in [0.1, 0.15) is 44.1 Å². The van der Waals surface area contributed by atoms with Crippen LogP contribution in [0, 0.1) is 0 Å². The van der Waals surface area contributed by atoms with E-state index in [4.69, 9.17) is 14.9 Å². The highest BCUT2D eigenvalue weighted by Gasteiger charge is 2.30. The van der Waals surface area contributed by atoms with Gasteiger partial charge in [0.25, 0.3) is 0 Å². The van der Waals surface area contributed by atoms with E-state index in [0.29, 0.717) is 0 Å². The van der Waals surface area contributed by atoms with Gasteiger partial charge in [0.05, 0.1) is 37.6 Å². The fourth-order valence-electron chi connectivity index (χ4n) is 2.23. The average molecular weight is 330 g/mol. The number of carboxylic acid groups (broad SMARTS) is 2. The normalized spacial score (nSPS) is 13.6. The predicted molar refractivity (Wildman–Crippen MR) is 75.3 cm³/mol. The standard InChI is InChI=1S/C14H18O9/c15-3-4-23-10(6-17)12-8(14(21)22)2-1-7(13(19)20)11(12)9(18)5-16/h1-2,9-10,15-18H,3-6H2,(H,19,20)(H,21,22). The number of aromatic carboxylic acids is 2. The van der Waals surface area contributed by atoms with Gasteiger partial charge < -0.3 is 35.4 Å². The van der Waals surface area contributed by atoms with Gasteiger partial charge in [-0.25, -0.2) is 9.59 Å². The molecule has 0 radical (unpaired) electrons. The van der Waals surface area contributed by atoms with Gasteiger partial charge in [0.15, 0.2) is 0 Å². The minimum absolute atomic E-state index is 0.240. The Bertz CT molecular complexity index is 570. The van der Waals surface area contributed by atoms with Crippen molar-refractivity contribution in [2.75, 3.05) is 26.4 Å². The summed E-state index contributed by atoms with van der Waals surface area (Å²) in [5.74, 6) is -2.86. The number of ether oxygens (including phenoxy) is 1. The van der Waals surface area contributed by atoms with Crippen LogP contribution in [-0.2, 0) is 4.74 Å². The second-order valence-corrected chi connectivity index (χ2v) is 4.56. The fraction of sp³-hybridized carbons (Fsp3) is 0.429. The van der Waals surface area contributed by atoms with Gasteiger partial charge in [0, 0.05) is 11.1 Å². The Morgan fingerprint density at radius 2 is 1.48 bits per heavy atom. The lowest BCUT2D eigenvalue weighted by Gasteiger charge is -2.24. The summed E-state index contributed by atoms with van der Waals surface area (Å²) in [6.07, 6.45) is -2.97. The minimum Gasteiger partial charge on any atom is -0.478 e. The van der Waals surface area contributed by atoms with Crippen molar-refractivity contribution in [2.24, 2.45) is 0 Å². The average Bonchev–Trinajstić information content (AvgIpc) is 2.53. The molecule has 6 N–H and O–H groups in total. The summed E-state index contributed by atoms with van der Waals surface area (Å²) in [6, 6.07) is 2.00. The van der Waals surface area contributed by atoms with Gasteiger partial charge in [-0.15, -0.1) is 0 Å². The van der Waals surface area contributed by atoms with E-state index >= 15 is 0 Å². The molecule has 0 aliphatic carbocycles. The molecule has 0 saturated heterocycles. The molecule has 128 valence electrons. The van der Waals surface area contributed by atoms with Gasteiger partial charge >= 0.3 is 11.9 Å². The molecule has 9 nitrogen and oxygen atoms in total. The summed E-state index contributed by atoms with van der Waals surface area (Å²) in [4.78, 5) is 22.7. The van der Waals surface area contributed by atoms with Crippen molar-refractivity contribution in [1.29, 1.82) is 0 Å². The Morgan fingerprint density at radius 3 is 1.87 bits per heavy atom. The maximum Gasteiger partial charge on any atom is 0.336 e. The number of carboxylic acids is 2. The number of benzene rings is 1. The molecule has 0 aliphatic rings. The zero-order valence-corrected chi connectivity index (χ0v) is 12.0. The van der Waals surface area contributed by atoms with Crippen LogP contribution in [0.2, 0.25) is 0 Å². The number of aliphatic hydroxyl groups is 4. The topological polar surface area (TPSA) is 165 Å². The molecule has 1 aromatic carbocycles. The second-order valence-electron chi connectivity index (χ2n) is 4.56. The van der Waals surface area contributed by atoms with Crippen molar-refractivity contribution in [3.8, 4) is 0 Å². The SMILES string of the molecule is O=C(O)c1ccc(C(=O)O)c(C(CO)OCCO)c1C(O)CO. The Morgan fingerprint density at radius 1 is 0.957 bits per heavy atom. The molecule has 1 rings (SSSR count). The first-order valence-corrected chi connectivity index (χ1v) is 6.64. The molecule has 9 heteroatoms. The molecule has 0 aromatic heterocycles. The highest BCUT2D eigenvalue weighted by molar-refractivity contribution is 5.95. The van der Waals surface area contributed by atoms with Crippen LogP contribution in [0.4, 0.5) is 0 Å². The Kier molecular flexibility index (Phi) is 7.07. The monoisotopic (exact) mass is 330 g/mol. The summed E-state index contributed by atoms with van der Waals surface area (Å²) in [5.41, 5.74) is -1.40. The number of carbonyl (C=O) groups is 2. The minimum atomic E-state index is -1.68. The van der Waals surface area contributed by atoms with Crippen molar-refractivity contribution < 1.29 is 45.0 Å². The van der Waals surface area contributed by atoms with Crippen LogP contribution in [0.3, 0.4) is 0 Å². The first-order chi connectivity index (χ1) is 10.9. The maximum atomic E-state index is 11.4. The number of rotatable bonds is 9. The van der Waals surface area contributed by atoms with Crippen molar-refractivity contribution in [3.63, 3.8) is 0 Å². The van der Waals surface area contributed by atoms with Gasteiger partial charge in [0.2, 0.25) is 0 Å². The third kappa shape index (κ3) is 4.24. The lowest BCUT2D eigenvalue weighted by atomic mass is 9.89. The van der Waals surface area contributed by atoms with E-state index in [0.717, 1.165) is 12.1 Å². The van der Waals surface area contributed by atoms with Crippen LogP contribution in [0.15, 0.2) is 12.1 Å². The summed E-state index contributed by atoms with van der Waals surface area (Å²) in [7, 11) is 0. The molecule has 0 fully saturated rings. The number of aliphatic hydroxyl groups excluding tert-OH is 4. The molecule has 0 aliphatic heterocycles. The maximum absolute atomic E-state index is 11.4. The van der Waals surface area contributed by atoms with Crippen LogP contribution >= 0.6 is 0 Å². The second kappa shape index (κ2) is 8.56. The highest BCUT2D eigenvalue weighted by Crippen LogP contribution is 2.32. The molecule has 0 spiro atoms. The van der Waals surface area contributed by atoms with E-state index in [9.17, 15) is 30.0 Å². The Labute approximate surface area is 131 Å². The van der Waals surface area contributed by atoms with Crippen LogP contribution in [0.25, 0.3) is 0 Å². The number of hydrogen-bond acceptors (Lipinski definition) is 7. The van der Waals surface area contributed by atoms with Crippen molar-refractivity contribution in [3.05, 3.63) is 34.4 Å². The lowest BCUT2D eigenvalue weighted by molar-refractivity contribution is -0.00790. The molecule has 2 unspecified atom stereocenters. The summed E-state index contributed by atoms with van der Waals surface area (Å²) in [5, 5.41) is 55.8. The van der Waals surface area contributed by atoms with Gasteiger partial charge in [-0.2, -0.15) is 0 Å². The van der Waals surface area contributed by atoms with Gasteiger partial charge in [-0.05, 0) is 12.1 Å². The lowest BCUT2D eigenvalue weighted by Crippen LogP contribution is -2.22. The van der Waals surface area contributed by atoms with Crippen molar-refractivity contribution in [1.82, 2.24) is 0 Å². The predicted octanol–water partition coefficient (Wildman–Crippen LogP) is -0.849. The van der Waals surface area contributed by atoms with E-state index in [2.05, 4.69) is 0 Å². The molecule has 0 heterocycles. The summed E-state index contributed by atoms with van der Waals surface area (Å²) in [6.45, 7) is -2.21. The molecular formula is C14H18O9. The zero-order chi connectivity index (χ0) is 17.6. The van der Waals surface area contributed by atoms with Gasteiger partial charge in [-0.1, -0.05) is 0 Å². The molecule has 2 atom stereocenters. The first kappa shape index (κ1) is 19.0. The van der Waals surface area contributed by atoms with Gasteiger partial charge in [0.1, 0.15) is 12.2 Å². The van der Waals surface area contributed by atoms with E-state index in [1.807, 2.05) is 0 Å². The zero-order valence-electron chi connectivity index (χ0n) is 12.0. The van der Waals surface area contributed by atoms with Crippen LogP contribution in [0.5, 0.6) is 0 Å². The van der Waals surface area contributed by atoms with Crippen LogP contribution in [-0.4, -0.2) is 69.0 Å². The number of hydrogen-bond donors (Lipinski definition) is 6. The molecular weight excluding hydrogens is 312 g/mol. The Balaban J connectivity index is 3.66. The summed E-state index contributed by atoms with van der Waals surface area (Å²) < 4.78 is 5.14. The van der Waals surface area contributed by atoms with Gasteiger partial charge in [-0.3, -0.25) is 0 Å². The smallest absolute Gasteiger partial charge is 0.336 e. The molecule has 0 saturated carbocycles. The van der Waals surface area contributed by atoms with E-state index in [1.165, 1.54) is 0 Å². The third-order valence-corrected chi connectivity index (χ3v) is 3.15. The third-order valence-electron chi connectivity index (χ3n) is 3.15. The fourth-order valence-corrected chi connectivity index (χ4v) is 2.23. The van der Waals surface area contributed by atoms with Crippen molar-refractivity contribution >= 4 is 11.9 Å². The molecule has 1 aromatic rings. The largest absolute Gasteiger partial charge is 0.478 e. The highest BCUT2D eigenvalue weighted by atomic mass is 16.5. The van der Waals surface area contributed by atoms with E-state index in [-0.39, 0.29) is 23.3 Å². The molecule has 0 bridgehead atoms. The van der Waals surface area contributed by atoms with E-state index < -0.39 is 49.5 Å². The molecule has 23 heavy (non-hydrogen) atoms. The van der Waals surface area contributed by atoms with Crippen molar-refractivity contribution in [2.45, 2.75) is 12.2 Å². The summed E-state index contributed by atoms with van der Waals surface area (Å²) >= 11 is 0. The van der Waals surface area contributed by atoms with E-state index in [1.54, 1.807) is 0 Å². The first-order valence-electron chi connectivity index (χ1n) is 6.64. The Hall–Kier alpha value is -2.04. The van der Waals surface area contributed by atoms with Crippen LogP contribution < -0.4 is 0 Å². The quantitative estimate of drug-likeness (QED) is 0.338.